The predicted octanol–water partition coefficient (Wildman–Crippen LogP) is 3.09. The van der Waals surface area contributed by atoms with E-state index in [1.54, 1.807) is 45.9 Å². The molecule has 1 aromatic carbocycles. The molecule has 0 spiro atoms. The third-order valence-electron chi connectivity index (χ3n) is 4.25. The van der Waals surface area contributed by atoms with Crippen molar-refractivity contribution in [1.82, 2.24) is 8.96 Å². The first-order valence-corrected chi connectivity index (χ1v) is 12.1. The lowest BCUT2D eigenvalue weighted by Crippen LogP contribution is -2.31. The molecule has 0 aliphatic heterocycles. The minimum atomic E-state index is -4.12. The normalized spacial score (nSPS) is 13.9. The summed E-state index contributed by atoms with van der Waals surface area (Å²) in [7, 11) is -4.12. The molecule has 0 unspecified atom stereocenters. The van der Waals surface area contributed by atoms with Crippen LogP contribution in [0, 0.1) is 0 Å². The summed E-state index contributed by atoms with van der Waals surface area (Å²) in [5.74, 6) is -0.861. The van der Waals surface area contributed by atoms with E-state index in [1.165, 1.54) is 36.7 Å². The molecule has 10 heteroatoms. The smallest absolute Gasteiger partial charge is 0.363 e. The van der Waals surface area contributed by atoms with Crippen LogP contribution in [0.5, 0.6) is 0 Å². The van der Waals surface area contributed by atoms with E-state index >= 15 is 0 Å². The Morgan fingerprint density at radius 1 is 1.23 bits per heavy atom. The first-order valence-electron chi connectivity index (χ1n) is 9.51. The first kappa shape index (κ1) is 23.0. The van der Waals surface area contributed by atoms with Crippen molar-refractivity contribution in [3.05, 3.63) is 60.6 Å². The number of rotatable bonds is 6. The molecule has 2 heterocycles. The highest BCUT2D eigenvalue weighted by Crippen LogP contribution is 2.27. The van der Waals surface area contributed by atoms with Crippen LogP contribution in [0.4, 0.5) is 0 Å². The maximum atomic E-state index is 13.6. The number of ether oxygens (including phenoxy) is 1. The van der Waals surface area contributed by atoms with Gasteiger partial charge in [-0.05, 0) is 52.0 Å². The third-order valence-corrected chi connectivity index (χ3v) is 7.39. The number of hydrogen-bond donors (Lipinski definition) is 0. The molecule has 0 N–H and O–H groups in total. The second-order valence-electron chi connectivity index (χ2n) is 7.57. The molecular formula is C21H23N3O5S2. The zero-order chi connectivity index (χ0) is 22.8. The first-order chi connectivity index (χ1) is 14.6. The Morgan fingerprint density at radius 2 is 1.90 bits per heavy atom. The Labute approximate surface area is 184 Å². The molecule has 0 saturated heterocycles. The topological polar surface area (TPSA) is 114 Å². The molecule has 3 rings (SSSR count). The molecule has 8 nitrogen and oxygen atoms in total. The van der Waals surface area contributed by atoms with Gasteiger partial charge in [0.05, 0.1) is 22.7 Å². The highest BCUT2D eigenvalue weighted by atomic mass is 32.2. The summed E-state index contributed by atoms with van der Waals surface area (Å²) in [4.78, 5) is 16.9. The van der Waals surface area contributed by atoms with Gasteiger partial charge in [0.15, 0.2) is 0 Å². The summed E-state index contributed by atoms with van der Waals surface area (Å²) in [6.45, 7) is 6.78. The molecule has 0 aliphatic rings. The van der Waals surface area contributed by atoms with Crippen molar-refractivity contribution in [2.45, 2.75) is 37.3 Å². The van der Waals surface area contributed by atoms with E-state index in [0.29, 0.717) is 10.9 Å². The molecule has 3 aromatic rings. The quantitative estimate of drug-likeness (QED) is 0.317. The van der Waals surface area contributed by atoms with Gasteiger partial charge < -0.3 is 9.29 Å². The van der Waals surface area contributed by atoms with Crippen LogP contribution in [0.1, 0.15) is 33.4 Å². The number of carbonyl (C=O) groups is 1. The maximum Gasteiger partial charge on any atom is 0.363 e. The number of carbonyl (C=O) groups excluding carboxylic acids is 1. The fourth-order valence-corrected chi connectivity index (χ4v) is 4.90. The fraction of sp³-hybridized carbons (Fsp3) is 0.286. The van der Waals surface area contributed by atoms with Crippen molar-refractivity contribution in [3.63, 3.8) is 0 Å². The lowest BCUT2D eigenvalue weighted by molar-refractivity contribution is -0.134. The van der Waals surface area contributed by atoms with Crippen LogP contribution >= 0.6 is 0 Å². The molecule has 2 aromatic heterocycles. The monoisotopic (exact) mass is 461 g/mol. The van der Waals surface area contributed by atoms with Crippen LogP contribution in [-0.2, 0) is 30.9 Å². The minimum Gasteiger partial charge on any atom is -0.591 e. The van der Waals surface area contributed by atoms with Crippen molar-refractivity contribution in [1.29, 1.82) is 0 Å². The van der Waals surface area contributed by atoms with Gasteiger partial charge in [0, 0.05) is 17.8 Å². The van der Waals surface area contributed by atoms with Crippen LogP contribution < -0.4 is 0 Å². The van der Waals surface area contributed by atoms with Gasteiger partial charge in [-0.1, -0.05) is 22.6 Å². The zero-order valence-corrected chi connectivity index (χ0v) is 19.2. The van der Waals surface area contributed by atoms with Crippen molar-refractivity contribution in [3.8, 4) is 0 Å². The Hall–Kier alpha value is -2.69. The van der Waals surface area contributed by atoms with Crippen molar-refractivity contribution in [2.24, 2.45) is 4.40 Å². The van der Waals surface area contributed by atoms with Gasteiger partial charge in [-0.25, -0.2) is 17.2 Å². The molecule has 31 heavy (non-hydrogen) atoms. The Morgan fingerprint density at radius 3 is 2.52 bits per heavy atom. The Bertz CT molecular complexity index is 1230. The zero-order valence-electron chi connectivity index (χ0n) is 17.6. The van der Waals surface area contributed by atoms with Gasteiger partial charge >= 0.3 is 5.97 Å². The van der Waals surface area contributed by atoms with Gasteiger partial charge in [-0.3, -0.25) is 4.98 Å². The van der Waals surface area contributed by atoms with Crippen molar-refractivity contribution in [2.75, 3.05) is 6.61 Å². The van der Waals surface area contributed by atoms with Gasteiger partial charge in [-0.2, -0.15) is 0 Å². The number of benzene rings is 1. The van der Waals surface area contributed by atoms with Gasteiger partial charge in [-0.15, -0.1) is 0 Å². The number of fused-ring (bicyclic) bond motifs is 1. The standard InChI is InChI=1S/C21H23N3O5S2/c1-5-29-20(25)19(23-30(26)21(2,3)4)18-13-15-14-22-12-11-17(15)24(18)31(27,28)16-9-7-6-8-10-16/h6-14H,5H2,1-4H3/t30-/m1/s1. The van der Waals surface area contributed by atoms with Crippen LogP contribution in [-0.4, -0.2) is 45.0 Å². The summed E-state index contributed by atoms with van der Waals surface area (Å²) in [6, 6.07) is 10.8. The molecule has 0 bridgehead atoms. The number of aromatic nitrogens is 2. The van der Waals surface area contributed by atoms with E-state index < -0.39 is 32.1 Å². The van der Waals surface area contributed by atoms with Crippen molar-refractivity contribution >= 4 is 44.0 Å². The van der Waals surface area contributed by atoms with Gasteiger partial charge in [0.2, 0.25) is 5.71 Å². The number of nitrogens with zero attached hydrogens (tertiary/aromatic N) is 3. The summed E-state index contributed by atoms with van der Waals surface area (Å²) in [5.41, 5.74) is -0.0545. The van der Waals surface area contributed by atoms with Crippen molar-refractivity contribution < 1.29 is 22.5 Å². The Kier molecular flexibility index (Phi) is 6.54. The maximum absolute atomic E-state index is 13.6. The van der Waals surface area contributed by atoms with E-state index in [9.17, 15) is 17.8 Å². The van der Waals surface area contributed by atoms with Crippen LogP contribution in [0.2, 0.25) is 0 Å². The third kappa shape index (κ3) is 4.65. The number of pyridine rings is 1. The van der Waals surface area contributed by atoms with Crippen LogP contribution in [0.15, 0.2) is 64.2 Å². The van der Waals surface area contributed by atoms with E-state index in [1.807, 2.05) is 0 Å². The second-order valence-corrected chi connectivity index (χ2v) is 11.3. The largest absolute Gasteiger partial charge is 0.591 e. The highest BCUT2D eigenvalue weighted by Gasteiger charge is 2.34. The number of hydrogen-bond acceptors (Lipinski definition) is 7. The molecule has 0 saturated carbocycles. The van der Waals surface area contributed by atoms with E-state index in [2.05, 4.69) is 9.38 Å². The van der Waals surface area contributed by atoms with E-state index in [4.69, 9.17) is 4.74 Å². The average Bonchev–Trinajstić information content (AvgIpc) is 3.11. The Balaban J connectivity index is 2.35. The van der Waals surface area contributed by atoms with E-state index in [-0.39, 0.29) is 22.9 Å². The molecule has 0 aliphatic carbocycles. The minimum absolute atomic E-state index is 0.0331. The lowest BCUT2D eigenvalue weighted by Gasteiger charge is -2.19. The van der Waals surface area contributed by atoms with Crippen LogP contribution in [0.25, 0.3) is 10.9 Å². The molecule has 0 radical (unpaired) electrons. The summed E-state index contributed by atoms with van der Waals surface area (Å²) >= 11 is -1.83. The van der Waals surface area contributed by atoms with E-state index in [0.717, 1.165) is 3.97 Å². The molecule has 0 fully saturated rings. The molecule has 0 amide bonds. The summed E-state index contributed by atoms with van der Waals surface area (Å²) < 4.78 is 49.3. The predicted molar refractivity (Wildman–Crippen MR) is 120 cm³/mol. The van der Waals surface area contributed by atoms with Crippen LogP contribution in [0.3, 0.4) is 0 Å². The molecule has 1 atom stereocenters. The summed E-state index contributed by atoms with van der Waals surface area (Å²) in [6.07, 6.45) is 2.94. The lowest BCUT2D eigenvalue weighted by atomic mass is 10.2. The van der Waals surface area contributed by atoms with Gasteiger partial charge in [0.25, 0.3) is 10.0 Å². The SMILES string of the molecule is CCOC(=O)C(=N[S@+]([O-])C(C)(C)C)c1cc2cnccc2n1S(=O)(=O)c1ccccc1. The average molecular weight is 462 g/mol. The fourth-order valence-electron chi connectivity index (χ4n) is 2.76. The second kappa shape index (κ2) is 8.81. The van der Waals surface area contributed by atoms with Gasteiger partial charge in [0.1, 0.15) is 16.1 Å². The molecule has 164 valence electrons. The highest BCUT2D eigenvalue weighted by molar-refractivity contribution is 7.91. The summed E-state index contributed by atoms with van der Waals surface area (Å²) in [5, 5.41) is 0.482. The number of esters is 1. The molecular weight excluding hydrogens is 438 g/mol.